The molecule has 3 aromatic rings. The topological polar surface area (TPSA) is 40.7 Å². The maximum Gasteiger partial charge on any atom is 0.0670 e. The number of hydrogen-bond donors (Lipinski definition) is 2. The molecule has 3 nitrogen and oxygen atoms in total. The number of anilines is 1. The molecular weight excluding hydrogens is 302 g/mol. The standard InChI is InChI=1S/C15H14BrN3/c1-10(11-2-5-13(16)6-3-11)18-14-7-4-12-9-17-19-15(12)8-14/h2-10,18H,1H3,(H,17,19). The van der Waals surface area contributed by atoms with E-state index in [1.54, 1.807) is 0 Å². The number of H-pyrrole nitrogens is 1. The summed E-state index contributed by atoms with van der Waals surface area (Å²) in [6.07, 6.45) is 1.83. The van der Waals surface area contributed by atoms with Crippen molar-refractivity contribution in [3.8, 4) is 0 Å². The molecule has 0 aliphatic carbocycles. The molecule has 96 valence electrons. The molecule has 0 aliphatic rings. The van der Waals surface area contributed by atoms with Crippen molar-refractivity contribution in [1.29, 1.82) is 0 Å². The average Bonchev–Trinajstić information content (AvgIpc) is 2.87. The van der Waals surface area contributed by atoms with Crippen molar-refractivity contribution in [2.24, 2.45) is 0 Å². The molecule has 0 spiro atoms. The Balaban J connectivity index is 1.81. The molecule has 0 bridgehead atoms. The fourth-order valence-corrected chi connectivity index (χ4v) is 2.38. The Bertz CT molecular complexity index is 688. The van der Waals surface area contributed by atoms with Crippen LogP contribution in [0.1, 0.15) is 18.5 Å². The summed E-state index contributed by atoms with van der Waals surface area (Å²) >= 11 is 3.45. The van der Waals surface area contributed by atoms with Crippen molar-refractivity contribution in [3.05, 3.63) is 58.7 Å². The summed E-state index contributed by atoms with van der Waals surface area (Å²) in [4.78, 5) is 0. The summed E-state index contributed by atoms with van der Waals surface area (Å²) < 4.78 is 1.10. The lowest BCUT2D eigenvalue weighted by Crippen LogP contribution is -2.06. The van der Waals surface area contributed by atoms with Gasteiger partial charge in [0.15, 0.2) is 0 Å². The van der Waals surface area contributed by atoms with E-state index in [1.165, 1.54) is 5.56 Å². The van der Waals surface area contributed by atoms with Crippen LogP contribution in [0.5, 0.6) is 0 Å². The lowest BCUT2D eigenvalue weighted by molar-refractivity contribution is 0.885. The molecule has 0 aliphatic heterocycles. The number of benzene rings is 2. The van der Waals surface area contributed by atoms with Crippen LogP contribution in [0, 0.1) is 0 Å². The van der Waals surface area contributed by atoms with Crippen molar-refractivity contribution in [1.82, 2.24) is 10.2 Å². The average molecular weight is 316 g/mol. The molecule has 1 unspecified atom stereocenters. The van der Waals surface area contributed by atoms with Crippen LogP contribution < -0.4 is 5.32 Å². The second kappa shape index (κ2) is 5.05. The fraction of sp³-hybridized carbons (Fsp3) is 0.133. The van der Waals surface area contributed by atoms with Crippen molar-refractivity contribution in [2.75, 3.05) is 5.32 Å². The number of hydrogen-bond acceptors (Lipinski definition) is 2. The Kier molecular flexibility index (Phi) is 3.25. The second-order valence-corrected chi connectivity index (χ2v) is 5.51. The van der Waals surface area contributed by atoms with Crippen LogP contribution in [0.3, 0.4) is 0 Å². The zero-order valence-electron chi connectivity index (χ0n) is 10.5. The van der Waals surface area contributed by atoms with E-state index in [4.69, 9.17) is 0 Å². The van der Waals surface area contributed by atoms with Crippen LogP contribution >= 0.6 is 15.9 Å². The normalized spacial score (nSPS) is 12.5. The smallest absolute Gasteiger partial charge is 0.0670 e. The van der Waals surface area contributed by atoms with Gasteiger partial charge in [0.2, 0.25) is 0 Å². The number of rotatable bonds is 3. The van der Waals surface area contributed by atoms with Gasteiger partial charge in [0.1, 0.15) is 0 Å². The Morgan fingerprint density at radius 2 is 1.95 bits per heavy atom. The quantitative estimate of drug-likeness (QED) is 0.747. The van der Waals surface area contributed by atoms with E-state index in [2.05, 4.69) is 80.8 Å². The van der Waals surface area contributed by atoms with E-state index in [-0.39, 0.29) is 6.04 Å². The van der Waals surface area contributed by atoms with Crippen LogP contribution in [0.15, 0.2) is 53.1 Å². The minimum absolute atomic E-state index is 0.258. The van der Waals surface area contributed by atoms with Crippen LogP contribution in [0.4, 0.5) is 5.69 Å². The van der Waals surface area contributed by atoms with Gasteiger partial charge in [-0.3, -0.25) is 5.10 Å². The zero-order chi connectivity index (χ0) is 13.2. The molecule has 19 heavy (non-hydrogen) atoms. The summed E-state index contributed by atoms with van der Waals surface area (Å²) in [5.41, 5.74) is 3.40. The minimum Gasteiger partial charge on any atom is -0.378 e. The Morgan fingerprint density at radius 3 is 2.74 bits per heavy atom. The van der Waals surface area contributed by atoms with E-state index >= 15 is 0 Å². The van der Waals surface area contributed by atoms with Gasteiger partial charge in [-0.2, -0.15) is 5.10 Å². The first-order chi connectivity index (χ1) is 9.22. The molecule has 2 N–H and O–H groups in total. The predicted octanol–water partition coefficient (Wildman–Crippen LogP) is 4.50. The number of aromatic nitrogens is 2. The molecule has 0 fully saturated rings. The van der Waals surface area contributed by atoms with E-state index in [0.29, 0.717) is 0 Å². The Hall–Kier alpha value is -1.81. The third kappa shape index (κ3) is 2.63. The van der Waals surface area contributed by atoms with Crippen molar-refractivity contribution in [3.63, 3.8) is 0 Å². The lowest BCUT2D eigenvalue weighted by Gasteiger charge is -2.15. The molecule has 0 amide bonds. The third-order valence-corrected chi connectivity index (χ3v) is 3.72. The molecule has 4 heteroatoms. The summed E-state index contributed by atoms with van der Waals surface area (Å²) in [5.74, 6) is 0. The summed E-state index contributed by atoms with van der Waals surface area (Å²) in [5, 5.41) is 11.6. The Morgan fingerprint density at radius 1 is 1.16 bits per heavy atom. The number of halogens is 1. The van der Waals surface area contributed by atoms with Gasteiger partial charge in [-0.25, -0.2) is 0 Å². The summed E-state index contributed by atoms with van der Waals surface area (Å²) in [7, 11) is 0. The highest BCUT2D eigenvalue weighted by atomic mass is 79.9. The van der Waals surface area contributed by atoms with Gasteiger partial charge in [0.05, 0.1) is 11.7 Å². The van der Waals surface area contributed by atoms with Gasteiger partial charge in [-0.15, -0.1) is 0 Å². The monoisotopic (exact) mass is 315 g/mol. The maximum atomic E-state index is 4.03. The number of aromatic amines is 1. The van der Waals surface area contributed by atoms with Gasteiger partial charge in [0.25, 0.3) is 0 Å². The molecule has 1 atom stereocenters. The van der Waals surface area contributed by atoms with Gasteiger partial charge in [-0.1, -0.05) is 28.1 Å². The molecule has 3 rings (SSSR count). The van der Waals surface area contributed by atoms with Gasteiger partial charge < -0.3 is 5.32 Å². The number of nitrogens with one attached hydrogen (secondary N) is 2. The zero-order valence-corrected chi connectivity index (χ0v) is 12.1. The third-order valence-electron chi connectivity index (χ3n) is 3.20. The molecule has 2 aromatic carbocycles. The van der Waals surface area contributed by atoms with E-state index in [0.717, 1.165) is 21.1 Å². The number of fused-ring (bicyclic) bond motifs is 1. The summed E-state index contributed by atoms with van der Waals surface area (Å²) in [6.45, 7) is 2.15. The highest BCUT2D eigenvalue weighted by molar-refractivity contribution is 9.10. The predicted molar refractivity (Wildman–Crippen MR) is 82.3 cm³/mol. The van der Waals surface area contributed by atoms with Crippen LogP contribution in [-0.2, 0) is 0 Å². The van der Waals surface area contributed by atoms with E-state index in [9.17, 15) is 0 Å². The van der Waals surface area contributed by atoms with Gasteiger partial charge in [0, 0.05) is 21.6 Å². The van der Waals surface area contributed by atoms with Crippen molar-refractivity contribution >= 4 is 32.5 Å². The van der Waals surface area contributed by atoms with Gasteiger partial charge >= 0.3 is 0 Å². The molecule has 1 aromatic heterocycles. The summed E-state index contributed by atoms with van der Waals surface area (Å²) in [6, 6.07) is 14.8. The van der Waals surface area contributed by atoms with E-state index in [1.807, 2.05) is 6.20 Å². The highest BCUT2D eigenvalue weighted by Crippen LogP contribution is 2.23. The fourth-order valence-electron chi connectivity index (χ4n) is 2.11. The van der Waals surface area contributed by atoms with Crippen molar-refractivity contribution in [2.45, 2.75) is 13.0 Å². The maximum absolute atomic E-state index is 4.03. The highest BCUT2D eigenvalue weighted by Gasteiger charge is 2.06. The molecule has 0 saturated carbocycles. The molecular formula is C15H14BrN3. The Labute approximate surface area is 120 Å². The van der Waals surface area contributed by atoms with Crippen LogP contribution in [-0.4, -0.2) is 10.2 Å². The second-order valence-electron chi connectivity index (χ2n) is 4.59. The SMILES string of the molecule is CC(Nc1ccc2cn[nH]c2c1)c1ccc(Br)cc1. The molecule has 0 radical (unpaired) electrons. The van der Waals surface area contributed by atoms with Gasteiger partial charge in [-0.05, 0) is 42.8 Å². The molecule has 1 heterocycles. The van der Waals surface area contributed by atoms with E-state index < -0.39 is 0 Å². The minimum atomic E-state index is 0.258. The van der Waals surface area contributed by atoms with Crippen molar-refractivity contribution < 1.29 is 0 Å². The van der Waals surface area contributed by atoms with Crippen LogP contribution in [0.2, 0.25) is 0 Å². The first-order valence-corrected chi connectivity index (χ1v) is 6.97. The first kappa shape index (κ1) is 12.2. The van der Waals surface area contributed by atoms with Crippen LogP contribution in [0.25, 0.3) is 10.9 Å². The first-order valence-electron chi connectivity index (χ1n) is 6.17. The largest absolute Gasteiger partial charge is 0.378 e. The molecule has 0 saturated heterocycles. The lowest BCUT2D eigenvalue weighted by atomic mass is 10.1. The number of nitrogens with zero attached hydrogens (tertiary/aromatic N) is 1.